The molecule has 1 aromatic carbocycles. The van der Waals surface area contributed by atoms with Crippen molar-refractivity contribution in [3.8, 4) is 5.75 Å². The second-order valence-electron chi connectivity index (χ2n) is 7.06. The lowest BCUT2D eigenvalue weighted by Crippen LogP contribution is -2.37. The standard InChI is InChI=1S/C19H18F2N6O4S2/c20-17(21)31-13-5-1-11(2-6-13)9-14-16(29)26(19(30)33-14)8-7-22-15(28)10-32-18-23-24-25-27(18)12-3-4-12/h1-2,5-6,9,12,17H,3-4,7-8,10H2,(H,22,28)/b14-9-. The van der Waals surface area contributed by atoms with Crippen LogP contribution in [0.25, 0.3) is 6.08 Å². The highest BCUT2D eigenvalue weighted by molar-refractivity contribution is 8.18. The molecule has 174 valence electrons. The number of halogens is 2. The number of benzene rings is 1. The van der Waals surface area contributed by atoms with E-state index < -0.39 is 17.8 Å². The maximum atomic E-state index is 12.5. The Morgan fingerprint density at radius 2 is 2.06 bits per heavy atom. The number of amides is 3. The van der Waals surface area contributed by atoms with Crippen LogP contribution >= 0.6 is 23.5 Å². The van der Waals surface area contributed by atoms with Crippen molar-refractivity contribution in [2.45, 2.75) is 30.7 Å². The molecule has 0 bridgehead atoms. The summed E-state index contributed by atoms with van der Waals surface area (Å²) in [5, 5.41) is 14.3. The lowest BCUT2D eigenvalue weighted by molar-refractivity contribution is -0.123. The molecule has 2 aromatic rings. The zero-order valence-electron chi connectivity index (χ0n) is 17.0. The van der Waals surface area contributed by atoms with Crippen molar-refractivity contribution in [2.75, 3.05) is 18.8 Å². The van der Waals surface area contributed by atoms with E-state index in [0.717, 1.165) is 29.5 Å². The third kappa shape index (κ3) is 6.07. The van der Waals surface area contributed by atoms with E-state index in [-0.39, 0.29) is 35.4 Å². The second kappa shape index (κ2) is 10.3. The van der Waals surface area contributed by atoms with Gasteiger partial charge >= 0.3 is 6.61 Å². The molecule has 0 spiro atoms. The van der Waals surface area contributed by atoms with Gasteiger partial charge in [-0.2, -0.15) is 8.78 Å². The number of tetrazole rings is 1. The first-order chi connectivity index (χ1) is 15.9. The molecule has 2 aliphatic rings. The highest BCUT2D eigenvalue weighted by Gasteiger charge is 2.34. The first-order valence-corrected chi connectivity index (χ1v) is 11.7. The third-order valence-electron chi connectivity index (χ3n) is 4.62. The Kier molecular flexibility index (Phi) is 7.23. The zero-order valence-corrected chi connectivity index (χ0v) is 18.7. The van der Waals surface area contributed by atoms with Gasteiger partial charge in [0.25, 0.3) is 11.1 Å². The molecule has 14 heteroatoms. The van der Waals surface area contributed by atoms with Crippen molar-refractivity contribution in [3.05, 3.63) is 34.7 Å². The highest BCUT2D eigenvalue weighted by atomic mass is 32.2. The Balaban J connectivity index is 1.24. The van der Waals surface area contributed by atoms with E-state index in [2.05, 4.69) is 25.6 Å². The molecule has 10 nitrogen and oxygen atoms in total. The molecule has 33 heavy (non-hydrogen) atoms. The number of hydrogen-bond donors (Lipinski definition) is 1. The molecule has 1 aromatic heterocycles. The number of rotatable bonds is 10. The summed E-state index contributed by atoms with van der Waals surface area (Å²) in [6.45, 7) is -2.79. The van der Waals surface area contributed by atoms with Crippen molar-refractivity contribution in [2.24, 2.45) is 0 Å². The molecule has 0 atom stereocenters. The van der Waals surface area contributed by atoms with Gasteiger partial charge in [0.1, 0.15) is 5.75 Å². The molecule has 2 fully saturated rings. The Morgan fingerprint density at radius 1 is 1.30 bits per heavy atom. The van der Waals surface area contributed by atoms with E-state index in [1.54, 1.807) is 4.68 Å². The number of nitrogens with zero attached hydrogens (tertiary/aromatic N) is 5. The van der Waals surface area contributed by atoms with E-state index in [0.29, 0.717) is 16.8 Å². The van der Waals surface area contributed by atoms with Crippen molar-refractivity contribution < 1.29 is 27.9 Å². The van der Waals surface area contributed by atoms with Crippen molar-refractivity contribution in [3.63, 3.8) is 0 Å². The second-order valence-corrected chi connectivity index (χ2v) is 8.99. The van der Waals surface area contributed by atoms with E-state index >= 15 is 0 Å². The Morgan fingerprint density at radius 3 is 2.76 bits per heavy atom. The molecule has 3 amide bonds. The van der Waals surface area contributed by atoms with E-state index in [9.17, 15) is 23.2 Å². The SMILES string of the molecule is O=C(CSc1nnnn1C1CC1)NCCN1C(=O)S/C(=C\c2ccc(OC(F)F)cc2)C1=O. The minimum Gasteiger partial charge on any atom is -0.435 e. The van der Waals surface area contributed by atoms with Crippen LogP contribution in [0.3, 0.4) is 0 Å². The molecule has 4 rings (SSSR count). The first-order valence-electron chi connectivity index (χ1n) is 9.88. The normalized spacial score (nSPS) is 17.3. The summed E-state index contributed by atoms with van der Waals surface area (Å²) in [7, 11) is 0. The number of hydrogen-bond acceptors (Lipinski definition) is 9. The van der Waals surface area contributed by atoms with Gasteiger partial charge in [-0.05, 0) is 58.8 Å². The van der Waals surface area contributed by atoms with Gasteiger partial charge < -0.3 is 10.1 Å². The third-order valence-corrected chi connectivity index (χ3v) is 6.46. The van der Waals surface area contributed by atoms with Crippen LogP contribution in [0.2, 0.25) is 0 Å². The molecule has 1 N–H and O–H groups in total. The van der Waals surface area contributed by atoms with Crippen LogP contribution in [-0.4, -0.2) is 67.6 Å². The monoisotopic (exact) mass is 496 g/mol. The minimum absolute atomic E-state index is 0.00630. The molecule has 1 aliphatic heterocycles. The summed E-state index contributed by atoms with van der Waals surface area (Å²) in [6, 6.07) is 6.01. The largest absolute Gasteiger partial charge is 0.435 e. The van der Waals surface area contributed by atoms with Crippen molar-refractivity contribution in [1.82, 2.24) is 30.4 Å². The summed E-state index contributed by atoms with van der Waals surface area (Å²) in [6.07, 6.45) is 3.54. The van der Waals surface area contributed by atoms with Gasteiger partial charge in [0.05, 0.1) is 16.7 Å². The predicted molar refractivity (Wildman–Crippen MR) is 116 cm³/mol. The Hall–Kier alpha value is -3.00. The minimum atomic E-state index is -2.92. The topological polar surface area (TPSA) is 119 Å². The van der Waals surface area contributed by atoms with Crippen molar-refractivity contribution in [1.29, 1.82) is 0 Å². The fourth-order valence-electron chi connectivity index (χ4n) is 2.91. The van der Waals surface area contributed by atoms with Gasteiger partial charge in [-0.15, -0.1) is 5.10 Å². The molecule has 1 saturated carbocycles. The van der Waals surface area contributed by atoms with Crippen LogP contribution in [0.4, 0.5) is 13.6 Å². The van der Waals surface area contributed by atoms with Crippen LogP contribution in [0.1, 0.15) is 24.4 Å². The maximum absolute atomic E-state index is 12.5. The van der Waals surface area contributed by atoms with Gasteiger partial charge in [-0.25, -0.2) is 4.68 Å². The number of aromatic nitrogens is 4. The number of carbonyl (C=O) groups is 3. The molecular weight excluding hydrogens is 478 g/mol. The maximum Gasteiger partial charge on any atom is 0.387 e. The number of imide groups is 1. The lowest BCUT2D eigenvalue weighted by atomic mass is 10.2. The summed E-state index contributed by atoms with van der Waals surface area (Å²) in [5.41, 5.74) is 0.556. The van der Waals surface area contributed by atoms with Gasteiger partial charge in [0.2, 0.25) is 11.1 Å². The van der Waals surface area contributed by atoms with Crippen LogP contribution in [0.15, 0.2) is 34.3 Å². The quantitative estimate of drug-likeness (QED) is 0.391. The van der Waals surface area contributed by atoms with E-state index in [1.807, 2.05) is 0 Å². The zero-order chi connectivity index (χ0) is 23.4. The molecular formula is C19H18F2N6O4S2. The fourth-order valence-corrected chi connectivity index (χ4v) is 4.55. The first kappa shape index (κ1) is 23.2. The number of ether oxygens (including phenoxy) is 1. The summed E-state index contributed by atoms with van der Waals surface area (Å²) in [4.78, 5) is 38.1. The van der Waals surface area contributed by atoms with Crippen LogP contribution in [0.5, 0.6) is 5.75 Å². The average molecular weight is 497 g/mol. The molecule has 0 radical (unpaired) electrons. The average Bonchev–Trinajstić information content (AvgIpc) is 3.46. The van der Waals surface area contributed by atoms with Gasteiger partial charge in [-0.1, -0.05) is 23.9 Å². The van der Waals surface area contributed by atoms with Gasteiger partial charge in [-0.3, -0.25) is 19.3 Å². The predicted octanol–water partition coefficient (Wildman–Crippen LogP) is 2.55. The number of thioether (sulfide) groups is 2. The molecule has 0 unspecified atom stereocenters. The Labute approximate surface area is 195 Å². The summed E-state index contributed by atoms with van der Waals surface area (Å²) in [5.74, 6) is -0.641. The fraction of sp³-hybridized carbons (Fsp3) is 0.368. The van der Waals surface area contributed by atoms with Gasteiger partial charge in [0.15, 0.2) is 0 Å². The van der Waals surface area contributed by atoms with Crippen LogP contribution in [0, 0.1) is 0 Å². The number of nitrogens with one attached hydrogen (secondary N) is 1. The van der Waals surface area contributed by atoms with Crippen LogP contribution < -0.4 is 10.1 Å². The van der Waals surface area contributed by atoms with E-state index in [1.165, 1.54) is 42.1 Å². The van der Waals surface area contributed by atoms with Crippen molar-refractivity contribution >= 4 is 46.7 Å². The molecule has 2 heterocycles. The van der Waals surface area contributed by atoms with Gasteiger partial charge in [0, 0.05) is 13.1 Å². The van der Waals surface area contributed by atoms with E-state index in [4.69, 9.17) is 0 Å². The lowest BCUT2D eigenvalue weighted by Gasteiger charge is -2.12. The smallest absolute Gasteiger partial charge is 0.387 e. The molecule has 1 aliphatic carbocycles. The summed E-state index contributed by atoms with van der Waals surface area (Å²) < 4.78 is 30.5. The molecule has 1 saturated heterocycles. The Bertz CT molecular complexity index is 1070. The summed E-state index contributed by atoms with van der Waals surface area (Å²) >= 11 is 2.00. The number of carbonyl (C=O) groups excluding carboxylic acids is 3. The number of alkyl halides is 2. The van der Waals surface area contributed by atoms with Crippen LogP contribution in [-0.2, 0) is 9.59 Å². The highest BCUT2D eigenvalue weighted by Crippen LogP contribution is 2.36.